The van der Waals surface area contributed by atoms with Crippen molar-refractivity contribution in [1.29, 1.82) is 0 Å². The average Bonchev–Trinajstić information content (AvgIpc) is 3.16. The molecule has 0 atom stereocenters. The molecular formula is C21H29ClN4OS. The largest absolute Gasteiger partial charge is 0.397 e. The normalized spacial score (nSPS) is 18.0. The van der Waals surface area contributed by atoms with Crippen molar-refractivity contribution in [3.05, 3.63) is 39.8 Å². The van der Waals surface area contributed by atoms with Gasteiger partial charge in [-0.15, -0.1) is 0 Å². The Labute approximate surface area is 176 Å². The first-order valence-corrected chi connectivity index (χ1v) is 11.3. The molecule has 1 aliphatic carbocycles. The van der Waals surface area contributed by atoms with E-state index in [1.807, 2.05) is 26.0 Å². The Morgan fingerprint density at radius 1 is 1.18 bits per heavy atom. The van der Waals surface area contributed by atoms with Crippen LogP contribution < -0.4 is 16.2 Å². The highest BCUT2D eigenvalue weighted by Gasteiger charge is 2.37. The summed E-state index contributed by atoms with van der Waals surface area (Å²) < 4.78 is 0. The van der Waals surface area contributed by atoms with Gasteiger partial charge in [-0.05, 0) is 43.2 Å². The molecule has 0 radical (unpaired) electrons. The molecule has 2 fully saturated rings. The Bertz CT molecular complexity index is 854. The molecule has 1 saturated carbocycles. The molecule has 1 aromatic carbocycles. The van der Waals surface area contributed by atoms with Crippen molar-refractivity contribution >= 4 is 34.9 Å². The van der Waals surface area contributed by atoms with Crippen LogP contribution in [0.3, 0.4) is 0 Å². The molecule has 1 aliphatic heterocycles. The predicted octanol–water partition coefficient (Wildman–Crippen LogP) is 5.34. The summed E-state index contributed by atoms with van der Waals surface area (Å²) in [7, 11) is 0. The monoisotopic (exact) mass is 420 g/mol. The van der Waals surface area contributed by atoms with Gasteiger partial charge in [0.25, 0.3) is 5.56 Å². The maximum atomic E-state index is 12.6. The Kier molecular flexibility index (Phi) is 6.94. The number of para-hydroxylation sites is 1. The van der Waals surface area contributed by atoms with Crippen molar-refractivity contribution in [3.8, 4) is 0 Å². The highest BCUT2D eigenvalue weighted by Crippen LogP contribution is 2.46. The van der Waals surface area contributed by atoms with Gasteiger partial charge in [-0.25, -0.2) is 4.98 Å². The van der Waals surface area contributed by atoms with Crippen LogP contribution in [-0.4, -0.2) is 23.1 Å². The van der Waals surface area contributed by atoms with Gasteiger partial charge in [0, 0.05) is 18.0 Å². The second-order valence-corrected chi connectivity index (χ2v) is 8.84. The number of aromatic nitrogens is 2. The summed E-state index contributed by atoms with van der Waals surface area (Å²) in [6.07, 6.45) is 9.46. The quantitative estimate of drug-likeness (QED) is 0.655. The second kappa shape index (κ2) is 9.23. The third-order valence-corrected chi connectivity index (χ3v) is 7.10. The van der Waals surface area contributed by atoms with Gasteiger partial charge in [0.05, 0.1) is 21.9 Å². The fraction of sp³-hybridized carbons (Fsp3) is 0.524. The number of rotatable bonds is 3. The van der Waals surface area contributed by atoms with Crippen molar-refractivity contribution in [2.24, 2.45) is 5.41 Å². The molecule has 1 aromatic heterocycles. The van der Waals surface area contributed by atoms with Crippen molar-refractivity contribution in [2.45, 2.75) is 62.3 Å². The molecule has 2 aliphatic rings. The van der Waals surface area contributed by atoms with Gasteiger partial charge in [0.2, 0.25) is 0 Å². The van der Waals surface area contributed by atoms with Gasteiger partial charge in [-0.3, -0.25) is 4.79 Å². The number of H-pyrrole nitrogens is 1. The third kappa shape index (κ3) is 4.49. The first-order valence-electron chi connectivity index (χ1n) is 10.1. The van der Waals surface area contributed by atoms with Crippen LogP contribution >= 0.6 is 23.4 Å². The van der Waals surface area contributed by atoms with Gasteiger partial charge in [-0.1, -0.05) is 56.1 Å². The number of aromatic amines is 1. The molecule has 3 N–H and O–H groups in total. The number of nitrogens with one attached hydrogen (secondary N) is 1. The van der Waals surface area contributed by atoms with Crippen LogP contribution in [0.5, 0.6) is 0 Å². The van der Waals surface area contributed by atoms with E-state index in [9.17, 15) is 4.79 Å². The summed E-state index contributed by atoms with van der Waals surface area (Å²) in [6.45, 7) is 5.84. The summed E-state index contributed by atoms with van der Waals surface area (Å²) in [5.41, 5.74) is 6.90. The average molecular weight is 421 g/mol. The minimum Gasteiger partial charge on any atom is -0.397 e. The van der Waals surface area contributed by atoms with E-state index < -0.39 is 0 Å². The van der Waals surface area contributed by atoms with Gasteiger partial charge in [0.1, 0.15) is 0 Å². The van der Waals surface area contributed by atoms with Crippen LogP contribution in [0.1, 0.15) is 52.4 Å². The topological polar surface area (TPSA) is 75.0 Å². The summed E-state index contributed by atoms with van der Waals surface area (Å²) in [5, 5.41) is 1.17. The fourth-order valence-corrected chi connectivity index (χ4v) is 5.28. The first-order chi connectivity index (χ1) is 13.6. The van der Waals surface area contributed by atoms with Crippen LogP contribution in [0.4, 0.5) is 11.5 Å². The molecule has 1 saturated heterocycles. The van der Waals surface area contributed by atoms with Crippen molar-refractivity contribution < 1.29 is 0 Å². The Morgan fingerprint density at radius 3 is 2.50 bits per heavy atom. The summed E-state index contributed by atoms with van der Waals surface area (Å²) >= 11 is 7.42. The van der Waals surface area contributed by atoms with Gasteiger partial charge >= 0.3 is 0 Å². The Morgan fingerprint density at radius 2 is 1.86 bits per heavy atom. The molecule has 0 amide bonds. The standard InChI is InChI=1S/C19H23ClN4OS.C2H6/c20-13-4-3-5-14(16(13)21)26-15-12-22-17(18(25)23-15)24-10-8-19(9-11-24)6-1-2-7-19;1-2/h3-5,12H,1-2,6-11,21H2,(H,23,25);1-2H3. The number of nitrogens with zero attached hydrogens (tertiary/aromatic N) is 2. The lowest BCUT2D eigenvalue weighted by Crippen LogP contribution is -2.41. The van der Waals surface area contributed by atoms with Crippen LogP contribution in [0.2, 0.25) is 5.02 Å². The van der Waals surface area contributed by atoms with Gasteiger partial charge in [0.15, 0.2) is 5.82 Å². The smallest absolute Gasteiger partial charge is 0.291 e. The predicted molar refractivity (Wildman–Crippen MR) is 119 cm³/mol. The molecule has 2 aromatic rings. The number of nitrogens with two attached hydrogens (primary N) is 1. The number of hydrogen-bond acceptors (Lipinski definition) is 5. The lowest BCUT2D eigenvalue weighted by Gasteiger charge is -2.39. The van der Waals surface area contributed by atoms with E-state index in [1.165, 1.54) is 50.3 Å². The molecule has 5 nitrogen and oxygen atoms in total. The fourth-order valence-electron chi connectivity index (χ4n) is 4.20. The number of nitrogen functional groups attached to an aromatic ring is 1. The number of piperidine rings is 1. The first kappa shape index (κ1) is 21.1. The zero-order valence-electron chi connectivity index (χ0n) is 16.6. The summed E-state index contributed by atoms with van der Waals surface area (Å²) in [6, 6.07) is 5.47. The zero-order valence-corrected chi connectivity index (χ0v) is 18.2. The lowest BCUT2D eigenvalue weighted by molar-refractivity contribution is 0.226. The van der Waals surface area contributed by atoms with Crippen LogP contribution in [0, 0.1) is 5.41 Å². The second-order valence-electron chi connectivity index (χ2n) is 7.35. The van der Waals surface area contributed by atoms with Crippen molar-refractivity contribution in [2.75, 3.05) is 23.7 Å². The zero-order chi connectivity index (χ0) is 20.1. The summed E-state index contributed by atoms with van der Waals surface area (Å²) in [5.74, 6) is 0.529. The molecule has 2 heterocycles. The number of anilines is 2. The maximum absolute atomic E-state index is 12.6. The van der Waals surface area contributed by atoms with Crippen molar-refractivity contribution in [3.63, 3.8) is 0 Å². The van der Waals surface area contributed by atoms with E-state index in [1.54, 1.807) is 12.3 Å². The SMILES string of the molecule is CC.Nc1c(Cl)cccc1Sc1cnc(N2CCC3(CCCC3)CC2)c(=O)[nH]1. The van der Waals surface area contributed by atoms with Gasteiger partial charge < -0.3 is 15.6 Å². The molecule has 0 bridgehead atoms. The van der Waals surface area contributed by atoms with Crippen LogP contribution in [-0.2, 0) is 0 Å². The summed E-state index contributed by atoms with van der Waals surface area (Å²) in [4.78, 5) is 22.9. The molecule has 152 valence electrons. The highest BCUT2D eigenvalue weighted by molar-refractivity contribution is 7.99. The number of hydrogen-bond donors (Lipinski definition) is 2. The van der Waals surface area contributed by atoms with Gasteiger partial charge in [-0.2, -0.15) is 0 Å². The molecule has 4 rings (SSSR count). The third-order valence-electron chi connectivity index (χ3n) is 5.76. The van der Waals surface area contributed by atoms with Crippen LogP contribution in [0.25, 0.3) is 0 Å². The lowest BCUT2D eigenvalue weighted by atomic mass is 9.77. The molecule has 1 spiro atoms. The molecule has 7 heteroatoms. The Hall–Kier alpha value is -1.66. The Balaban J connectivity index is 0.00000109. The van der Waals surface area contributed by atoms with E-state index in [0.717, 1.165) is 18.0 Å². The molecule has 0 unspecified atom stereocenters. The minimum absolute atomic E-state index is 0.141. The van der Waals surface area contributed by atoms with E-state index in [0.29, 0.717) is 27.0 Å². The minimum atomic E-state index is -0.141. The molecular weight excluding hydrogens is 392 g/mol. The van der Waals surface area contributed by atoms with E-state index in [4.69, 9.17) is 17.3 Å². The maximum Gasteiger partial charge on any atom is 0.291 e. The van der Waals surface area contributed by atoms with Crippen molar-refractivity contribution in [1.82, 2.24) is 9.97 Å². The number of halogens is 1. The van der Waals surface area contributed by atoms with Crippen LogP contribution in [0.15, 0.2) is 39.1 Å². The molecule has 28 heavy (non-hydrogen) atoms. The highest BCUT2D eigenvalue weighted by atomic mass is 35.5. The van der Waals surface area contributed by atoms with E-state index >= 15 is 0 Å². The van der Waals surface area contributed by atoms with E-state index in [2.05, 4.69) is 14.9 Å². The number of benzene rings is 1. The van der Waals surface area contributed by atoms with E-state index in [-0.39, 0.29) is 5.56 Å².